The van der Waals surface area contributed by atoms with Crippen molar-refractivity contribution in [1.82, 2.24) is 14.8 Å². The van der Waals surface area contributed by atoms with E-state index in [-0.39, 0.29) is 5.78 Å². The standard InChI is InChI=1S/C22H15Cl2N5O/c23-14-8-9-15(16(24)10-14)21-27-22-26-17-2-1-3-18(30)19(17)20(29(22)28-21)13-6-4-12(11-25)5-7-13/h4-10,20H,1-3H2,(H,26,27,28). The molecule has 0 fully saturated rings. The van der Waals surface area contributed by atoms with Crippen molar-refractivity contribution in [2.75, 3.05) is 5.32 Å². The van der Waals surface area contributed by atoms with Crippen LogP contribution in [0.1, 0.15) is 36.4 Å². The number of allylic oxidation sites excluding steroid dienone is 2. The maximum absolute atomic E-state index is 12.9. The van der Waals surface area contributed by atoms with E-state index in [1.54, 1.807) is 35.0 Å². The van der Waals surface area contributed by atoms with Gasteiger partial charge in [0, 0.05) is 28.3 Å². The van der Waals surface area contributed by atoms with Gasteiger partial charge >= 0.3 is 0 Å². The second-order valence-corrected chi connectivity index (χ2v) is 8.10. The Morgan fingerprint density at radius 2 is 1.93 bits per heavy atom. The molecule has 1 unspecified atom stereocenters. The lowest BCUT2D eigenvalue weighted by molar-refractivity contribution is -0.116. The van der Waals surface area contributed by atoms with Crippen molar-refractivity contribution in [2.45, 2.75) is 25.3 Å². The Morgan fingerprint density at radius 1 is 1.13 bits per heavy atom. The van der Waals surface area contributed by atoms with Crippen LogP contribution in [0.4, 0.5) is 5.95 Å². The zero-order chi connectivity index (χ0) is 20.8. The number of aromatic nitrogens is 3. The molecule has 0 saturated carbocycles. The van der Waals surface area contributed by atoms with Crippen molar-refractivity contribution in [3.05, 3.63) is 74.9 Å². The van der Waals surface area contributed by atoms with E-state index in [1.165, 1.54) is 0 Å². The average Bonchev–Trinajstić information content (AvgIpc) is 3.16. The van der Waals surface area contributed by atoms with E-state index in [0.717, 1.165) is 24.1 Å². The molecule has 1 aliphatic heterocycles. The van der Waals surface area contributed by atoms with Crippen LogP contribution < -0.4 is 5.32 Å². The monoisotopic (exact) mass is 435 g/mol. The summed E-state index contributed by atoms with van der Waals surface area (Å²) in [4.78, 5) is 17.5. The van der Waals surface area contributed by atoms with Crippen LogP contribution in [-0.2, 0) is 4.79 Å². The zero-order valence-corrected chi connectivity index (χ0v) is 17.2. The zero-order valence-electron chi connectivity index (χ0n) is 15.7. The molecule has 0 bridgehead atoms. The Hall–Kier alpha value is -3.14. The summed E-state index contributed by atoms with van der Waals surface area (Å²) in [7, 11) is 0. The fourth-order valence-corrected chi connectivity index (χ4v) is 4.48. The molecule has 2 aromatic carbocycles. The predicted molar refractivity (Wildman–Crippen MR) is 114 cm³/mol. The molecule has 1 N–H and O–H groups in total. The van der Waals surface area contributed by atoms with Crippen LogP contribution in [0, 0.1) is 11.3 Å². The van der Waals surface area contributed by atoms with Gasteiger partial charge in [-0.15, -0.1) is 5.10 Å². The van der Waals surface area contributed by atoms with Crippen LogP contribution in [0.3, 0.4) is 0 Å². The summed E-state index contributed by atoms with van der Waals surface area (Å²) in [5, 5.41) is 18.1. The fourth-order valence-electron chi connectivity index (χ4n) is 3.99. The Kier molecular flexibility index (Phi) is 4.58. The molecular weight excluding hydrogens is 421 g/mol. The summed E-state index contributed by atoms with van der Waals surface area (Å²) in [6, 6.07) is 14.1. The molecule has 0 radical (unpaired) electrons. The maximum Gasteiger partial charge on any atom is 0.226 e. The van der Waals surface area contributed by atoms with Gasteiger partial charge in [0.1, 0.15) is 6.04 Å². The largest absolute Gasteiger partial charge is 0.328 e. The van der Waals surface area contributed by atoms with Crippen molar-refractivity contribution in [3.63, 3.8) is 0 Å². The molecule has 1 aromatic heterocycles. The number of carbonyl (C=O) groups excluding carboxylic acids is 1. The number of ketones is 1. The molecular formula is C22H15Cl2N5O. The van der Waals surface area contributed by atoms with E-state index < -0.39 is 6.04 Å². The lowest BCUT2D eigenvalue weighted by Gasteiger charge is -2.32. The Balaban J connectivity index is 1.67. The highest BCUT2D eigenvalue weighted by Crippen LogP contribution is 2.41. The minimum Gasteiger partial charge on any atom is -0.328 e. The Labute approximate surface area is 182 Å². The normalized spacial score (nSPS) is 17.8. The highest BCUT2D eigenvalue weighted by Gasteiger charge is 2.37. The van der Waals surface area contributed by atoms with E-state index in [4.69, 9.17) is 33.6 Å². The van der Waals surface area contributed by atoms with Gasteiger partial charge in [-0.1, -0.05) is 35.3 Å². The van der Waals surface area contributed by atoms with E-state index in [2.05, 4.69) is 16.4 Å². The number of fused-ring (bicyclic) bond motifs is 1. The highest BCUT2D eigenvalue weighted by molar-refractivity contribution is 6.36. The van der Waals surface area contributed by atoms with Gasteiger partial charge in [0.2, 0.25) is 5.95 Å². The van der Waals surface area contributed by atoms with Crippen LogP contribution in [-0.4, -0.2) is 20.5 Å². The third kappa shape index (κ3) is 3.07. The number of nitrogens with zero attached hydrogens (tertiary/aromatic N) is 4. The van der Waals surface area contributed by atoms with Gasteiger partial charge in [0.25, 0.3) is 0 Å². The molecule has 8 heteroatoms. The second kappa shape index (κ2) is 7.28. The van der Waals surface area contributed by atoms with Gasteiger partial charge in [-0.2, -0.15) is 10.2 Å². The fraction of sp³-hybridized carbons (Fsp3) is 0.182. The van der Waals surface area contributed by atoms with Crippen LogP contribution in [0.2, 0.25) is 10.0 Å². The summed E-state index contributed by atoms with van der Waals surface area (Å²) >= 11 is 12.4. The molecule has 5 rings (SSSR count). The van der Waals surface area contributed by atoms with E-state index in [1.807, 2.05) is 12.1 Å². The number of anilines is 1. The number of hydrogen-bond donors (Lipinski definition) is 1. The van der Waals surface area contributed by atoms with Crippen LogP contribution >= 0.6 is 23.2 Å². The Morgan fingerprint density at radius 3 is 2.67 bits per heavy atom. The summed E-state index contributed by atoms with van der Waals surface area (Å²) in [5.74, 6) is 1.11. The van der Waals surface area contributed by atoms with Gasteiger partial charge in [-0.05, 0) is 48.7 Å². The molecule has 0 amide bonds. The molecule has 30 heavy (non-hydrogen) atoms. The molecule has 0 spiro atoms. The number of rotatable bonds is 2. The van der Waals surface area contributed by atoms with Gasteiger partial charge in [0.05, 0.1) is 16.7 Å². The topological polar surface area (TPSA) is 83.6 Å². The minimum atomic E-state index is -0.413. The van der Waals surface area contributed by atoms with Crippen LogP contribution in [0.25, 0.3) is 11.4 Å². The average molecular weight is 436 g/mol. The van der Waals surface area contributed by atoms with Crippen molar-refractivity contribution in [1.29, 1.82) is 5.26 Å². The first kappa shape index (κ1) is 18.9. The Bertz CT molecular complexity index is 1250. The number of benzene rings is 2. The number of Topliss-reactive ketones (excluding diaryl/α,β-unsaturated/α-hetero) is 1. The summed E-state index contributed by atoms with van der Waals surface area (Å²) in [6.45, 7) is 0. The molecule has 6 nitrogen and oxygen atoms in total. The summed E-state index contributed by atoms with van der Waals surface area (Å²) < 4.78 is 1.73. The van der Waals surface area contributed by atoms with E-state index in [9.17, 15) is 4.79 Å². The highest BCUT2D eigenvalue weighted by atomic mass is 35.5. The maximum atomic E-state index is 12.9. The number of nitrogens with one attached hydrogen (secondary N) is 1. The molecule has 0 saturated heterocycles. The molecule has 3 aromatic rings. The minimum absolute atomic E-state index is 0.102. The summed E-state index contributed by atoms with van der Waals surface area (Å²) in [6.07, 6.45) is 2.08. The van der Waals surface area contributed by atoms with Crippen LogP contribution in [0.5, 0.6) is 0 Å². The summed E-state index contributed by atoms with van der Waals surface area (Å²) in [5.41, 5.74) is 3.68. The smallest absolute Gasteiger partial charge is 0.226 e. The number of nitriles is 1. The second-order valence-electron chi connectivity index (χ2n) is 7.26. The molecule has 2 aliphatic rings. The predicted octanol–water partition coefficient (Wildman–Crippen LogP) is 5.15. The van der Waals surface area contributed by atoms with Crippen molar-refractivity contribution in [3.8, 4) is 17.5 Å². The van der Waals surface area contributed by atoms with Crippen molar-refractivity contribution < 1.29 is 4.79 Å². The SMILES string of the molecule is N#Cc1ccc(C2C3=C(CCCC3=O)Nc3nc(-c4ccc(Cl)cc4Cl)nn32)cc1. The van der Waals surface area contributed by atoms with Gasteiger partial charge in [-0.25, -0.2) is 4.68 Å². The first-order valence-corrected chi connectivity index (χ1v) is 10.3. The van der Waals surface area contributed by atoms with Gasteiger partial charge in [0.15, 0.2) is 11.6 Å². The van der Waals surface area contributed by atoms with E-state index >= 15 is 0 Å². The van der Waals surface area contributed by atoms with Gasteiger partial charge in [-0.3, -0.25) is 4.79 Å². The quantitative estimate of drug-likeness (QED) is 0.601. The number of carbonyl (C=O) groups is 1. The first-order valence-electron chi connectivity index (χ1n) is 9.50. The first-order chi connectivity index (χ1) is 14.5. The third-order valence-electron chi connectivity index (χ3n) is 5.40. The van der Waals surface area contributed by atoms with Crippen molar-refractivity contribution >= 4 is 34.9 Å². The third-order valence-corrected chi connectivity index (χ3v) is 5.94. The van der Waals surface area contributed by atoms with Gasteiger partial charge < -0.3 is 5.32 Å². The lowest BCUT2D eigenvalue weighted by Crippen LogP contribution is -2.31. The number of hydrogen-bond acceptors (Lipinski definition) is 5. The lowest BCUT2D eigenvalue weighted by atomic mass is 9.85. The van der Waals surface area contributed by atoms with Crippen LogP contribution in [0.15, 0.2) is 53.7 Å². The van der Waals surface area contributed by atoms with E-state index in [0.29, 0.717) is 44.9 Å². The molecule has 1 atom stereocenters. The van der Waals surface area contributed by atoms with Crippen molar-refractivity contribution in [2.24, 2.45) is 0 Å². The molecule has 2 heterocycles. The molecule has 1 aliphatic carbocycles. The molecule has 148 valence electrons. The number of halogens is 2.